The third kappa shape index (κ3) is 3.65. The number of hydrogen-bond acceptors (Lipinski definition) is 3. The summed E-state index contributed by atoms with van der Waals surface area (Å²) in [6.07, 6.45) is 1.94. The Morgan fingerprint density at radius 3 is 2.89 bits per heavy atom. The molecule has 0 aromatic heterocycles. The summed E-state index contributed by atoms with van der Waals surface area (Å²) in [7, 11) is 0. The Labute approximate surface area is 117 Å². The van der Waals surface area contributed by atoms with Crippen LogP contribution in [-0.2, 0) is 6.42 Å². The quantitative estimate of drug-likeness (QED) is 0.919. The van der Waals surface area contributed by atoms with E-state index >= 15 is 0 Å². The van der Waals surface area contributed by atoms with Crippen molar-refractivity contribution in [2.24, 2.45) is 5.73 Å². The van der Waals surface area contributed by atoms with Crippen molar-refractivity contribution in [3.8, 4) is 0 Å². The van der Waals surface area contributed by atoms with E-state index in [0.717, 1.165) is 12.0 Å². The summed E-state index contributed by atoms with van der Waals surface area (Å²) < 4.78 is 13.2. The Balaban J connectivity index is 1.99. The van der Waals surface area contributed by atoms with E-state index in [0.29, 0.717) is 10.5 Å². The highest BCUT2D eigenvalue weighted by Gasteiger charge is 2.29. The third-order valence-corrected chi connectivity index (χ3v) is 6.70. The van der Waals surface area contributed by atoms with Crippen LogP contribution in [0.25, 0.3) is 0 Å². The second-order valence-corrected chi connectivity index (χ2v) is 7.28. The first-order valence-corrected chi connectivity index (χ1v) is 8.53. The molecule has 2 rings (SSSR count). The van der Waals surface area contributed by atoms with Gasteiger partial charge in [0.05, 0.1) is 0 Å². The van der Waals surface area contributed by atoms with Crippen LogP contribution < -0.4 is 5.73 Å². The average Bonchev–Trinajstić information content (AvgIpc) is 2.38. The average molecular weight is 285 g/mol. The highest BCUT2D eigenvalue weighted by Crippen LogP contribution is 2.35. The van der Waals surface area contributed by atoms with Gasteiger partial charge in [0, 0.05) is 28.0 Å². The summed E-state index contributed by atoms with van der Waals surface area (Å²) >= 11 is 4.03. The molecule has 0 radical (unpaired) electrons. The van der Waals surface area contributed by atoms with Crippen LogP contribution in [0.5, 0.6) is 0 Å². The molecule has 1 saturated heterocycles. The van der Waals surface area contributed by atoms with E-state index in [1.54, 1.807) is 12.1 Å². The van der Waals surface area contributed by atoms with Gasteiger partial charge in [0.15, 0.2) is 0 Å². The van der Waals surface area contributed by atoms with Gasteiger partial charge in [-0.1, -0.05) is 19.1 Å². The second-order valence-electron chi connectivity index (χ2n) is 4.65. The molecule has 0 bridgehead atoms. The minimum atomic E-state index is -0.169. The molecule has 2 N–H and O–H groups in total. The molecule has 1 aliphatic heterocycles. The van der Waals surface area contributed by atoms with Gasteiger partial charge in [0.25, 0.3) is 0 Å². The van der Waals surface area contributed by atoms with E-state index < -0.39 is 0 Å². The Kier molecular flexibility index (Phi) is 5.39. The zero-order chi connectivity index (χ0) is 13.0. The first-order valence-electron chi connectivity index (χ1n) is 6.44. The number of benzene rings is 1. The highest BCUT2D eigenvalue weighted by atomic mass is 32.2. The maximum Gasteiger partial charge on any atom is 0.123 e. The third-order valence-electron chi connectivity index (χ3n) is 3.28. The SMILES string of the molecule is CCC1SCCSC1C(N)Cc1cccc(F)c1. The number of halogens is 1. The van der Waals surface area contributed by atoms with Gasteiger partial charge in [-0.05, 0) is 30.5 Å². The van der Waals surface area contributed by atoms with E-state index in [2.05, 4.69) is 6.92 Å². The molecule has 1 aromatic carbocycles. The molecule has 3 atom stereocenters. The lowest BCUT2D eigenvalue weighted by molar-refractivity contribution is 0.590. The molecule has 1 aliphatic rings. The smallest absolute Gasteiger partial charge is 0.123 e. The standard InChI is InChI=1S/C14H20FNS2/c1-2-13-14(18-7-6-17-13)12(16)9-10-4-3-5-11(15)8-10/h3-5,8,12-14H,2,6-7,9,16H2,1H3. The molecule has 3 unspecified atom stereocenters. The molecular formula is C14H20FNS2. The molecule has 0 amide bonds. The first-order chi connectivity index (χ1) is 8.70. The summed E-state index contributed by atoms with van der Waals surface area (Å²) in [6.45, 7) is 2.23. The van der Waals surface area contributed by atoms with Crippen LogP contribution in [0.2, 0.25) is 0 Å². The molecule has 4 heteroatoms. The molecule has 100 valence electrons. The largest absolute Gasteiger partial charge is 0.326 e. The maximum absolute atomic E-state index is 13.2. The van der Waals surface area contributed by atoms with Crippen molar-refractivity contribution in [3.63, 3.8) is 0 Å². The van der Waals surface area contributed by atoms with Gasteiger partial charge in [0.1, 0.15) is 5.82 Å². The van der Waals surface area contributed by atoms with Gasteiger partial charge >= 0.3 is 0 Å². The zero-order valence-corrected chi connectivity index (χ0v) is 12.3. The van der Waals surface area contributed by atoms with Crippen LogP contribution in [0.15, 0.2) is 24.3 Å². The molecule has 0 aliphatic carbocycles. The predicted molar refractivity (Wildman–Crippen MR) is 80.9 cm³/mol. The minimum absolute atomic E-state index is 0.120. The first kappa shape index (κ1) is 14.2. The number of thioether (sulfide) groups is 2. The molecular weight excluding hydrogens is 265 g/mol. The topological polar surface area (TPSA) is 26.0 Å². The summed E-state index contributed by atoms with van der Waals surface area (Å²) in [5.41, 5.74) is 7.35. The van der Waals surface area contributed by atoms with Crippen molar-refractivity contribution in [1.29, 1.82) is 0 Å². The van der Waals surface area contributed by atoms with E-state index in [4.69, 9.17) is 5.73 Å². The van der Waals surface area contributed by atoms with E-state index in [1.807, 2.05) is 29.6 Å². The van der Waals surface area contributed by atoms with Gasteiger partial charge in [-0.15, -0.1) is 0 Å². The lowest BCUT2D eigenvalue weighted by Crippen LogP contribution is -2.43. The summed E-state index contributed by atoms with van der Waals surface area (Å²) in [4.78, 5) is 0. The van der Waals surface area contributed by atoms with Crippen LogP contribution in [0.3, 0.4) is 0 Å². The van der Waals surface area contributed by atoms with Crippen LogP contribution >= 0.6 is 23.5 Å². The van der Waals surface area contributed by atoms with Crippen molar-refractivity contribution < 1.29 is 4.39 Å². The maximum atomic E-state index is 13.2. The fourth-order valence-corrected chi connectivity index (χ4v) is 5.58. The van der Waals surface area contributed by atoms with Crippen LogP contribution in [-0.4, -0.2) is 28.0 Å². The van der Waals surface area contributed by atoms with Crippen molar-refractivity contribution in [2.45, 2.75) is 36.3 Å². The fraction of sp³-hybridized carbons (Fsp3) is 0.571. The monoisotopic (exact) mass is 285 g/mol. The van der Waals surface area contributed by atoms with Crippen molar-refractivity contribution in [2.75, 3.05) is 11.5 Å². The number of nitrogens with two attached hydrogens (primary N) is 1. The molecule has 0 saturated carbocycles. The van der Waals surface area contributed by atoms with Gasteiger partial charge in [-0.3, -0.25) is 0 Å². The number of rotatable bonds is 4. The predicted octanol–water partition coefficient (Wildman–Crippen LogP) is 3.32. The second kappa shape index (κ2) is 6.83. The fourth-order valence-electron chi connectivity index (χ4n) is 2.39. The lowest BCUT2D eigenvalue weighted by Gasteiger charge is -2.34. The van der Waals surface area contributed by atoms with E-state index in [-0.39, 0.29) is 11.9 Å². The van der Waals surface area contributed by atoms with Crippen molar-refractivity contribution >= 4 is 23.5 Å². The van der Waals surface area contributed by atoms with Crippen LogP contribution in [0.1, 0.15) is 18.9 Å². The van der Waals surface area contributed by atoms with Crippen LogP contribution in [0.4, 0.5) is 4.39 Å². The summed E-state index contributed by atoms with van der Waals surface area (Å²) in [5, 5.41) is 1.14. The van der Waals surface area contributed by atoms with Gasteiger partial charge in [-0.25, -0.2) is 4.39 Å². The molecule has 0 spiro atoms. The van der Waals surface area contributed by atoms with E-state index in [9.17, 15) is 4.39 Å². The summed E-state index contributed by atoms with van der Waals surface area (Å²) in [6, 6.07) is 6.92. The Morgan fingerprint density at radius 1 is 1.39 bits per heavy atom. The van der Waals surface area contributed by atoms with Crippen LogP contribution in [0, 0.1) is 5.82 Å². The Bertz CT molecular complexity index is 386. The minimum Gasteiger partial charge on any atom is -0.326 e. The molecule has 1 aromatic rings. The molecule has 1 nitrogen and oxygen atoms in total. The Hall–Kier alpha value is -0.190. The van der Waals surface area contributed by atoms with Gasteiger partial charge in [-0.2, -0.15) is 23.5 Å². The highest BCUT2D eigenvalue weighted by molar-refractivity contribution is 8.07. The molecule has 18 heavy (non-hydrogen) atoms. The van der Waals surface area contributed by atoms with Crippen molar-refractivity contribution in [1.82, 2.24) is 0 Å². The van der Waals surface area contributed by atoms with Gasteiger partial charge < -0.3 is 5.73 Å². The normalized spacial score (nSPS) is 25.9. The molecule has 1 heterocycles. The zero-order valence-electron chi connectivity index (χ0n) is 10.6. The van der Waals surface area contributed by atoms with Gasteiger partial charge in [0.2, 0.25) is 0 Å². The lowest BCUT2D eigenvalue weighted by atomic mass is 10.0. The molecule has 1 fully saturated rings. The number of hydrogen-bond donors (Lipinski definition) is 1. The van der Waals surface area contributed by atoms with Crippen molar-refractivity contribution in [3.05, 3.63) is 35.6 Å². The Morgan fingerprint density at radius 2 is 2.17 bits per heavy atom. The summed E-state index contributed by atoms with van der Waals surface area (Å²) in [5.74, 6) is 2.24. The van der Waals surface area contributed by atoms with E-state index in [1.165, 1.54) is 24.0 Å².